The SMILES string of the molecule is CCOC(=O)C[C@@H]1CCN(N)C2=C1C=C1C=C(F)N=C1C2. The summed E-state index contributed by atoms with van der Waals surface area (Å²) >= 11 is 0. The van der Waals surface area contributed by atoms with Gasteiger partial charge < -0.3 is 9.75 Å². The molecule has 0 aromatic rings. The van der Waals surface area contributed by atoms with Gasteiger partial charge in [-0.25, -0.2) is 10.8 Å². The van der Waals surface area contributed by atoms with E-state index in [9.17, 15) is 9.18 Å². The lowest BCUT2D eigenvalue weighted by Crippen LogP contribution is -2.40. The molecular weight excluding hydrogens is 273 g/mol. The first-order valence-electron chi connectivity index (χ1n) is 7.16. The lowest BCUT2D eigenvalue weighted by atomic mass is 9.81. The zero-order chi connectivity index (χ0) is 15.0. The highest BCUT2D eigenvalue weighted by atomic mass is 19.1. The molecule has 0 saturated heterocycles. The lowest BCUT2D eigenvalue weighted by Gasteiger charge is -2.36. The molecule has 2 aliphatic heterocycles. The summed E-state index contributed by atoms with van der Waals surface area (Å²) in [5, 5.41) is 1.68. The second-order valence-corrected chi connectivity index (χ2v) is 5.39. The van der Waals surface area contributed by atoms with E-state index in [0.29, 0.717) is 31.7 Å². The van der Waals surface area contributed by atoms with Crippen molar-refractivity contribution in [3.05, 3.63) is 34.9 Å². The van der Waals surface area contributed by atoms with Crippen molar-refractivity contribution in [2.45, 2.75) is 26.2 Å². The van der Waals surface area contributed by atoms with Crippen molar-refractivity contribution < 1.29 is 13.9 Å². The zero-order valence-corrected chi connectivity index (χ0v) is 11.9. The van der Waals surface area contributed by atoms with Crippen molar-refractivity contribution in [1.82, 2.24) is 5.01 Å². The van der Waals surface area contributed by atoms with Gasteiger partial charge in [-0.2, -0.15) is 4.39 Å². The van der Waals surface area contributed by atoms with Crippen LogP contribution in [0.1, 0.15) is 26.2 Å². The molecule has 3 aliphatic rings. The van der Waals surface area contributed by atoms with Crippen molar-refractivity contribution in [2.75, 3.05) is 13.2 Å². The van der Waals surface area contributed by atoms with E-state index in [2.05, 4.69) is 4.99 Å². The van der Waals surface area contributed by atoms with Gasteiger partial charge in [-0.1, -0.05) is 0 Å². The second-order valence-electron chi connectivity index (χ2n) is 5.39. The van der Waals surface area contributed by atoms with Crippen LogP contribution in [0.15, 0.2) is 39.9 Å². The fraction of sp³-hybridized carbons (Fsp3) is 0.467. The largest absolute Gasteiger partial charge is 0.466 e. The van der Waals surface area contributed by atoms with Gasteiger partial charge >= 0.3 is 5.97 Å². The lowest BCUT2D eigenvalue weighted by molar-refractivity contribution is -0.144. The molecule has 0 bridgehead atoms. The van der Waals surface area contributed by atoms with Gasteiger partial charge in [0.2, 0.25) is 5.95 Å². The molecule has 1 atom stereocenters. The summed E-state index contributed by atoms with van der Waals surface area (Å²) in [6.45, 7) is 2.85. The van der Waals surface area contributed by atoms with Crippen LogP contribution in [-0.4, -0.2) is 29.8 Å². The number of ether oxygens (including phenoxy) is 1. The topological polar surface area (TPSA) is 67.9 Å². The molecule has 0 amide bonds. The smallest absolute Gasteiger partial charge is 0.306 e. The number of hydrogen-bond acceptors (Lipinski definition) is 5. The molecule has 1 aliphatic carbocycles. The summed E-state index contributed by atoms with van der Waals surface area (Å²) < 4.78 is 18.3. The van der Waals surface area contributed by atoms with E-state index in [1.807, 2.05) is 6.08 Å². The van der Waals surface area contributed by atoms with E-state index in [-0.39, 0.29) is 11.9 Å². The predicted molar refractivity (Wildman–Crippen MR) is 76.6 cm³/mol. The Hall–Kier alpha value is -1.95. The molecule has 5 nitrogen and oxygen atoms in total. The monoisotopic (exact) mass is 291 g/mol. The second kappa shape index (κ2) is 5.44. The highest BCUT2D eigenvalue weighted by Gasteiger charge is 2.32. The van der Waals surface area contributed by atoms with Gasteiger partial charge in [0.15, 0.2) is 0 Å². The predicted octanol–water partition coefficient (Wildman–Crippen LogP) is 1.98. The van der Waals surface area contributed by atoms with Crippen molar-refractivity contribution >= 4 is 11.7 Å². The normalized spacial score (nSPS) is 24.0. The number of aliphatic imine (C=N–C) groups is 1. The van der Waals surface area contributed by atoms with E-state index in [1.54, 1.807) is 11.9 Å². The third-order valence-electron chi connectivity index (χ3n) is 4.05. The molecule has 2 N–H and O–H groups in total. The Morgan fingerprint density at radius 2 is 2.38 bits per heavy atom. The number of carbonyl (C=O) groups is 1. The molecule has 6 heteroatoms. The standard InChI is InChI=1S/C15H18FN3O2/c1-2-21-15(20)7-9-3-4-19(17)13-8-12-10(5-11(9)13)6-14(16)18-12/h5-6,9H,2-4,7-8,17H2,1H3/t9-/m0/s1. The highest BCUT2D eigenvalue weighted by Crippen LogP contribution is 2.38. The molecule has 0 radical (unpaired) electrons. The first-order valence-corrected chi connectivity index (χ1v) is 7.16. The molecule has 21 heavy (non-hydrogen) atoms. The Balaban J connectivity index is 1.88. The summed E-state index contributed by atoms with van der Waals surface area (Å²) in [5.41, 5.74) is 3.44. The first-order chi connectivity index (χ1) is 10.1. The highest BCUT2D eigenvalue weighted by molar-refractivity contribution is 6.08. The van der Waals surface area contributed by atoms with Gasteiger partial charge in [0.05, 0.1) is 18.7 Å². The van der Waals surface area contributed by atoms with Crippen LogP contribution < -0.4 is 5.84 Å². The van der Waals surface area contributed by atoms with Crippen molar-refractivity contribution in [1.29, 1.82) is 0 Å². The summed E-state index contributed by atoms with van der Waals surface area (Å²) in [4.78, 5) is 15.6. The first kappa shape index (κ1) is 14.0. The van der Waals surface area contributed by atoms with Gasteiger partial charge in [-0.15, -0.1) is 0 Å². The number of nitrogens with two attached hydrogens (primary N) is 1. The maximum Gasteiger partial charge on any atom is 0.306 e. The number of hydrazine groups is 1. The molecule has 0 aromatic heterocycles. The molecule has 3 rings (SSSR count). The van der Waals surface area contributed by atoms with Gasteiger partial charge in [-0.3, -0.25) is 4.79 Å². The Kier molecular flexibility index (Phi) is 3.63. The molecule has 0 saturated carbocycles. The number of allylic oxidation sites excluding steroid dienone is 5. The average molecular weight is 291 g/mol. The third kappa shape index (κ3) is 2.63. The number of fused-ring (bicyclic) bond motifs is 1. The summed E-state index contributed by atoms with van der Waals surface area (Å²) in [6.07, 6.45) is 4.98. The Morgan fingerprint density at radius 1 is 1.57 bits per heavy atom. The van der Waals surface area contributed by atoms with E-state index in [0.717, 1.165) is 23.3 Å². The fourth-order valence-electron chi connectivity index (χ4n) is 3.05. The van der Waals surface area contributed by atoms with Gasteiger partial charge in [0.25, 0.3) is 0 Å². The summed E-state index contributed by atoms with van der Waals surface area (Å²) in [7, 11) is 0. The van der Waals surface area contributed by atoms with Crippen molar-refractivity contribution in [2.24, 2.45) is 16.8 Å². The number of esters is 1. The molecular formula is C15H18FN3O2. The quantitative estimate of drug-likeness (QED) is 0.490. The van der Waals surface area contributed by atoms with Crippen molar-refractivity contribution in [3.8, 4) is 0 Å². The molecule has 112 valence electrons. The summed E-state index contributed by atoms with van der Waals surface area (Å²) in [5.74, 6) is 5.42. The van der Waals surface area contributed by atoms with E-state index < -0.39 is 5.95 Å². The van der Waals surface area contributed by atoms with Gasteiger partial charge in [0.1, 0.15) is 0 Å². The Morgan fingerprint density at radius 3 is 3.14 bits per heavy atom. The number of hydrogen-bond donors (Lipinski definition) is 1. The minimum absolute atomic E-state index is 0.0740. The van der Waals surface area contributed by atoms with Crippen LogP contribution in [-0.2, 0) is 9.53 Å². The number of rotatable bonds is 3. The third-order valence-corrected chi connectivity index (χ3v) is 4.05. The maximum atomic E-state index is 13.3. The minimum atomic E-state index is -0.471. The average Bonchev–Trinajstić information content (AvgIpc) is 2.80. The van der Waals surface area contributed by atoms with Crippen LogP contribution in [0.3, 0.4) is 0 Å². The van der Waals surface area contributed by atoms with Crippen LogP contribution in [0.5, 0.6) is 0 Å². The Bertz CT molecular complexity index is 604. The number of nitrogens with zero attached hydrogens (tertiary/aromatic N) is 2. The molecule has 0 fully saturated rings. The van der Waals surface area contributed by atoms with E-state index >= 15 is 0 Å². The molecule has 2 heterocycles. The van der Waals surface area contributed by atoms with Crippen molar-refractivity contribution in [3.63, 3.8) is 0 Å². The number of halogens is 1. The number of carbonyl (C=O) groups excluding carboxylic acids is 1. The fourth-order valence-corrected chi connectivity index (χ4v) is 3.05. The van der Waals surface area contributed by atoms with Crippen LogP contribution in [0.2, 0.25) is 0 Å². The Labute approximate surface area is 122 Å². The van der Waals surface area contributed by atoms with Gasteiger partial charge in [-0.05, 0) is 30.9 Å². The molecule has 0 aromatic carbocycles. The molecule has 0 spiro atoms. The summed E-state index contributed by atoms with van der Waals surface area (Å²) in [6, 6.07) is 0. The van der Waals surface area contributed by atoms with E-state index in [4.69, 9.17) is 10.6 Å². The van der Waals surface area contributed by atoms with Crippen LogP contribution >= 0.6 is 0 Å². The minimum Gasteiger partial charge on any atom is -0.466 e. The van der Waals surface area contributed by atoms with Gasteiger partial charge in [0, 0.05) is 30.3 Å². The van der Waals surface area contributed by atoms with Crippen LogP contribution in [0, 0.1) is 5.92 Å². The maximum absolute atomic E-state index is 13.3. The molecule has 0 unspecified atom stereocenters. The van der Waals surface area contributed by atoms with Crippen LogP contribution in [0.25, 0.3) is 0 Å². The van der Waals surface area contributed by atoms with E-state index in [1.165, 1.54) is 6.08 Å². The van der Waals surface area contributed by atoms with Crippen LogP contribution in [0.4, 0.5) is 4.39 Å². The zero-order valence-electron chi connectivity index (χ0n) is 11.9.